The summed E-state index contributed by atoms with van der Waals surface area (Å²) < 4.78 is 0.594. The highest BCUT2D eigenvalue weighted by molar-refractivity contribution is 9.10. The Morgan fingerprint density at radius 2 is 1.54 bits per heavy atom. The molecule has 0 aliphatic carbocycles. The van der Waals surface area contributed by atoms with E-state index in [1.165, 1.54) is 12.1 Å². The molecule has 140 valence electrons. The van der Waals surface area contributed by atoms with E-state index in [2.05, 4.69) is 26.4 Å². The number of hydrogen-bond donors (Lipinski definition) is 3. The molecule has 6 nitrogen and oxygen atoms in total. The number of carboxylic acids is 1. The quantitative estimate of drug-likeness (QED) is 0.307. The first-order valence-electron chi connectivity index (χ1n) is 8.21. The molecule has 0 radical (unpaired) electrons. The number of benzene rings is 3. The number of carboxylic acid groups (broad SMARTS) is 1. The molecular formula is C21H15BrN2O4. The molecule has 0 saturated heterocycles. The third-order valence-electron chi connectivity index (χ3n) is 4.01. The molecule has 0 aromatic heterocycles. The van der Waals surface area contributed by atoms with Crippen molar-refractivity contribution >= 4 is 39.2 Å². The third-order valence-corrected chi connectivity index (χ3v) is 4.50. The van der Waals surface area contributed by atoms with E-state index in [0.717, 1.165) is 0 Å². The van der Waals surface area contributed by atoms with E-state index in [-0.39, 0.29) is 11.3 Å². The fraction of sp³-hybridized carbons (Fsp3) is 0. The van der Waals surface area contributed by atoms with Gasteiger partial charge in [-0.2, -0.15) is 0 Å². The van der Waals surface area contributed by atoms with Gasteiger partial charge in [-0.25, -0.2) is 4.79 Å². The Morgan fingerprint density at radius 1 is 0.857 bits per heavy atom. The van der Waals surface area contributed by atoms with Gasteiger partial charge in [0.15, 0.2) is 0 Å². The van der Waals surface area contributed by atoms with Crippen LogP contribution in [0.2, 0.25) is 0 Å². The van der Waals surface area contributed by atoms with Gasteiger partial charge in [-0.05, 0) is 30.3 Å². The van der Waals surface area contributed by atoms with Crippen LogP contribution in [-0.4, -0.2) is 27.9 Å². The van der Waals surface area contributed by atoms with Crippen LogP contribution in [0.1, 0.15) is 31.8 Å². The number of rotatable bonds is 5. The first kappa shape index (κ1) is 19.3. The lowest BCUT2D eigenvalue weighted by Gasteiger charge is -2.10. The van der Waals surface area contributed by atoms with Gasteiger partial charge in [0.1, 0.15) is 5.71 Å². The van der Waals surface area contributed by atoms with Gasteiger partial charge in [0, 0.05) is 21.2 Å². The molecule has 3 aromatic rings. The van der Waals surface area contributed by atoms with Crippen molar-refractivity contribution in [3.8, 4) is 0 Å². The van der Waals surface area contributed by atoms with E-state index in [4.69, 9.17) is 0 Å². The molecule has 0 atom stereocenters. The van der Waals surface area contributed by atoms with Crippen LogP contribution < -0.4 is 5.32 Å². The molecule has 1 amide bonds. The molecule has 0 aliphatic heterocycles. The number of aromatic carboxylic acids is 1. The topological polar surface area (TPSA) is 99.0 Å². The molecule has 3 rings (SSSR count). The lowest BCUT2D eigenvalue weighted by molar-refractivity contribution is 0.0698. The fourth-order valence-electron chi connectivity index (χ4n) is 2.68. The predicted octanol–water partition coefficient (Wildman–Crippen LogP) is 4.63. The van der Waals surface area contributed by atoms with Crippen molar-refractivity contribution in [1.29, 1.82) is 0 Å². The van der Waals surface area contributed by atoms with Gasteiger partial charge in [-0.3, -0.25) is 4.79 Å². The molecule has 0 saturated carbocycles. The summed E-state index contributed by atoms with van der Waals surface area (Å²) in [5, 5.41) is 24.7. The number of amides is 1. The van der Waals surface area contributed by atoms with E-state index in [1.54, 1.807) is 42.5 Å². The first-order chi connectivity index (χ1) is 13.5. The number of nitrogens with one attached hydrogen (secondary N) is 1. The van der Waals surface area contributed by atoms with Crippen molar-refractivity contribution in [2.75, 3.05) is 5.32 Å². The van der Waals surface area contributed by atoms with E-state index in [1.807, 2.05) is 18.2 Å². The minimum atomic E-state index is -1.15. The highest BCUT2D eigenvalue weighted by Crippen LogP contribution is 2.22. The number of carbonyl (C=O) groups excluding carboxylic acids is 1. The van der Waals surface area contributed by atoms with E-state index < -0.39 is 11.9 Å². The Bertz CT molecular complexity index is 1070. The second-order valence-corrected chi connectivity index (χ2v) is 6.76. The zero-order valence-electron chi connectivity index (χ0n) is 14.5. The van der Waals surface area contributed by atoms with Crippen molar-refractivity contribution < 1.29 is 19.9 Å². The van der Waals surface area contributed by atoms with Gasteiger partial charge in [-0.1, -0.05) is 63.6 Å². The van der Waals surface area contributed by atoms with Crippen LogP contribution in [0, 0.1) is 0 Å². The highest BCUT2D eigenvalue weighted by Gasteiger charge is 2.16. The summed E-state index contributed by atoms with van der Waals surface area (Å²) in [5.74, 6) is -1.62. The second kappa shape index (κ2) is 8.49. The van der Waals surface area contributed by atoms with Gasteiger partial charge in [0.05, 0.1) is 11.3 Å². The summed E-state index contributed by atoms with van der Waals surface area (Å²) in [6.07, 6.45) is 0. The number of hydrogen-bond acceptors (Lipinski definition) is 4. The van der Waals surface area contributed by atoms with Crippen LogP contribution in [0.25, 0.3) is 0 Å². The van der Waals surface area contributed by atoms with Gasteiger partial charge in [-0.15, -0.1) is 0 Å². The Hall–Kier alpha value is -3.45. The zero-order chi connectivity index (χ0) is 20.1. The molecule has 0 heterocycles. The fourth-order valence-corrected chi connectivity index (χ4v) is 3.04. The molecule has 3 aromatic carbocycles. The minimum absolute atomic E-state index is 0.0271. The molecule has 0 bridgehead atoms. The van der Waals surface area contributed by atoms with Crippen molar-refractivity contribution in [3.63, 3.8) is 0 Å². The van der Waals surface area contributed by atoms with Crippen molar-refractivity contribution in [1.82, 2.24) is 0 Å². The highest BCUT2D eigenvalue weighted by atomic mass is 79.9. The normalized spacial score (nSPS) is 11.1. The monoisotopic (exact) mass is 438 g/mol. The maximum absolute atomic E-state index is 12.7. The van der Waals surface area contributed by atoms with Gasteiger partial charge in [0.2, 0.25) is 0 Å². The van der Waals surface area contributed by atoms with Crippen LogP contribution in [0.5, 0.6) is 0 Å². The maximum atomic E-state index is 12.7. The van der Waals surface area contributed by atoms with Gasteiger partial charge >= 0.3 is 5.97 Å². The Kier molecular flexibility index (Phi) is 5.86. The van der Waals surface area contributed by atoms with Crippen LogP contribution in [0.4, 0.5) is 5.69 Å². The van der Waals surface area contributed by atoms with Crippen molar-refractivity contribution in [3.05, 3.63) is 99.5 Å². The maximum Gasteiger partial charge on any atom is 0.337 e. The largest absolute Gasteiger partial charge is 0.478 e. The summed E-state index contributed by atoms with van der Waals surface area (Å²) >= 11 is 3.22. The van der Waals surface area contributed by atoms with Crippen molar-refractivity contribution in [2.45, 2.75) is 0 Å². The van der Waals surface area contributed by atoms with Crippen LogP contribution >= 0.6 is 15.9 Å². The van der Waals surface area contributed by atoms with Crippen LogP contribution in [-0.2, 0) is 0 Å². The lowest BCUT2D eigenvalue weighted by Crippen LogP contribution is -2.15. The summed E-state index contributed by atoms with van der Waals surface area (Å²) in [4.78, 5) is 24.1. The molecule has 0 aliphatic rings. The first-order valence-corrected chi connectivity index (χ1v) is 9.01. The molecule has 0 fully saturated rings. The Labute approximate surface area is 169 Å². The molecule has 28 heavy (non-hydrogen) atoms. The molecule has 0 spiro atoms. The summed E-state index contributed by atoms with van der Waals surface area (Å²) in [5.41, 5.74) is 2.03. The van der Waals surface area contributed by atoms with Gasteiger partial charge < -0.3 is 15.6 Å². The third kappa shape index (κ3) is 4.27. The molecular weight excluding hydrogens is 424 g/mol. The Morgan fingerprint density at radius 3 is 2.21 bits per heavy atom. The zero-order valence-corrected chi connectivity index (χ0v) is 16.1. The number of halogens is 1. The smallest absolute Gasteiger partial charge is 0.337 e. The SMILES string of the molecule is O=C(Nc1ccc(Br)cc1C(=O)O)c1cccc(/C(=N/O)c2ccccc2)c1. The number of anilines is 1. The van der Waals surface area contributed by atoms with E-state index in [0.29, 0.717) is 26.9 Å². The predicted molar refractivity (Wildman–Crippen MR) is 109 cm³/mol. The standard InChI is InChI=1S/C21H15BrN2O4/c22-16-9-10-18(17(12-16)21(26)27)23-20(25)15-8-4-7-14(11-15)19(24-28)13-5-2-1-3-6-13/h1-12,28H,(H,23,25)(H,26,27)/b24-19+. The van der Waals surface area contributed by atoms with E-state index in [9.17, 15) is 19.9 Å². The second-order valence-electron chi connectivity index (χ2n) is 5.84. The average Bonchev–Trinajstić information content (AvgIpc) is 2.71. The summed E-state index contributed by atoms with van der Waals surface area (Å²) in [7, 11) is 0. The number of oxime groups is 1. The minimum Gasteiger partial charge on any atom is -0.478 e. The molecule has 0 unspecified atom stereocenters. The van der Waals surface area contributed by atoms with Crippen molar-refractivity contribution in [2.24, 2.45) is 5.16 Å². The lowest BCUT2D eigenvalue weighted by atomic mass is 10.0. The van der Waals surface area contributed by atoms with E-state index >= 15 is 0 Å². The summed E-state index contributed by atoms with van der Waals surface area (Å²) in [6.45, 7) is 0. The summed E-state index contributed by atoms with van der Waals surface area (Å²) in [6, 6.07) is 20.2. The molecule has 3 N–H and O–H groups in total. The Balaban J connectivity index is 1.91. The van der Waals surface area contributed by atoms with Crippen LogP contribution in [0.15, 0.2) is 82.4 Å². The van der Waals surface area contributed by atoms with Gasteiger partial charge in [0.25, 0.3) is 5.91 Å². The average molecular weight is 439 g/mol. The number of nitrogens with zero attached hydrogens (tertiary/aromatic N) is 1. The molecule has 7 heteroatoms. The number of carbonyl (C=O) groups is 2. The van der Waals surface area contributed by atoms with Crippen LogP contribution in [0.3, 0.4) is 0 Å².